The second-order valence-corrected chi connectivity index (χ2v) is 11.6. The van der Waals surface area contributed by atoms with E-state index < -0.39 is 16.1 Å². The van der Waals surface area contributed by atoms with Gasteiger partial charge in [-0.1, -0.05) is 29.8 Å². The molecule has 2 amide bonds. The van der Waals surface area contributed by atoms with Gasteiger partial charge in [0.25, 0.3) is 0 Å². The van der Waals surface area contributed by atoms with Gasteiger partial charge in [-0.3, -0.25) is 13.9 Å². The van der Waals surface area contributed by atoms with Crippen molar-refractivity contribution in [3.63, 3.8) is 0 Å². The van der Waals surface area contributed by atoms with E-state index in [0.29, 0.717) is 17.1 Å². The maximum atomic E-state index is 13.3. The Morgan fingerprint density at radius 1 is 1.00 bits per heavy atom. The van der Waals surface area contributed by atoms with Gasteiger partial charge in [-0.2, -0.15) is 0 Å². The van der Waals surface area contributed by atoms with Crippen molar-refractivity contribution in [2.24, 2.45) is 0 Å². The van der Waals surface area contributed by atoms with Crippen LogP contribution in [0.1, 0.15) is 50.3 Å². The van der Waals surface area contributed by atoms with E-state index >= 15 is 0 Å². The first-order valence-corrected chi connectivity index (χ1v) is 13.9. The van der Waals surface area contributed by atoms with Crippen molar-refractivity contribution in [1.29, 1.82) is 0 Å². The van der Waals surface area contributed by atoms with Crippen molar-refractivity contribution in [3.05, 3.63) is 64.2 Å². The summed E-state index contributed by atoms with van der Waals surface area (Å²) in [6.45, 7) is 9.66. The molecule has 2 aromatic carbocycles. The summed E-state index contributed by atoms with van der Waals surface area (Å²) in [6, 6.07) is 12.0. The summed E-state index contributed by atoms with van der Waals surface area (Å²) in [5.41, 5.74) is 3.35. The summed E-state index contributed by atoms with van der Waals surface area (Å²) in [6.07, 6.45) is 1.58. The number of nitrogens with one attached hydrogen (secondary N) is 1. The fraction of sp³-hybridized carbons (Fsp3) is 0.462. The van der Waals surface area contributed by atoms with Crippen LogP contribution in [0.4, 0.5) is 5.69 Å². The highest BCUT2D eigenvalue weighted by molar-refractivity contribution is 7.92. The summed E-state index contributed by atoms with van der Waals surface area (Å²) >= 11 is 5.99. The van der Waals surface area contributed by atoms with E-state index in [4.69, 9.17) is 11.6 Å². The highest BCUT2D eigenvalue weighted by Crippen LogP contribution is 2.22. The number of carbonyl (C=O) groups excluding carboxylic acids is 2. The normalized spacial score (nSPS) is 12.3. The number of amides is 2. The number of hydrogen-bond acceptors (Lipinski definition) is 4. The first kappa shape index (κ1) is 28.7. The lowest BCUT2D eigenvalue weighted by atomic mass is 10.1. The van der Waals surface area contributed by atoms with Crippen LogP contribution in [0, 0.1) is 13.8 Å². The molecule has 2 aromatic rings. The van der Waals surface area contributed by atoms with Gasteiger partial charge in [0, 0.05) is 30.6 Å². The maximum Gasteiger partial charge on any atom is 0.242 e. The lowest BCUT2D eigenvalue weighted by Gasteiger charge is -2.30. The Morgan fingerprint density at radius 2 is 1.57 bits per heavy atom. The second kappa shape index (κ2) is 12.4. The minimum atomic E-state index is -3.53. The molecule has 35 heavy (non-hydrogen) atoms. The number of carbonyl (C=O) groups is 2. The van der Waals surface area contributed by atoms with E-state index in [1.807, 2.05) is 58.0 Å². The van der Waals surface area contributed by atoms with Crippen LogP contribution in [0.2, 0.25) is 5.02 Å². The molecule has 9 heteroatoms. The fourth-order valence-corrected chi connectivity index (χ4v) is 4.95. The maximum absolute atomic E-state index is 13.3. The van der Waals surface area contributed by atoms with Gasteiger partial charge in [0.1, 0.15) is 6.04 Å². The summed E-state index contributed by atoms with van der Waals surface area (Å²) in [4.78, 5) is 27.5. The molecule has 1 atom stereocenters. The van der Waals surface area contributed by atoms with Crippen LogP contribution in [0.3, 0.4) is 0 Å². The molecule has 0 unspecified atom stereocenters. The number of nitrogens with zero attached hydrogens (tertiary/aromatic N) is 2. The molecule has 0 fully saturated rings. The quantitative estimate of drug-likeness (QED) is 0.473. The summed E-state index contributed by atoms with van der Waals surface area (Å²) in [5, 5.41) is 3.45. The van der Waals surface area contributed by atoms with Gasteiger partial charge in [-0.25, -0.2) is 8.42 Å². The number of benzene rings is 2. The number of hydrogen-bond donors (Lipinski definition) is 1. The summed E-state index contributed by atoms with van der Waals surface area (Å²) in [5.74, 6) is -0.462. The molecule has 0 saturated carbocycles. The lowest BCUT2D eigenvalue weighted by Crippen LogP contribution is -2.49. The minimum Gasteiger partial charge on any atom is -0.352 e. The van der Waals surface area contributed by atoms with Crippen LogP contribution in [0.25, 0.3) is 0 Å². The topological polar surface area (TPSA) is 86.8 Å². The Hall–Kier alpha value is -2.58. The van der Waals surface area contributed by atoms with Gasteiger partial charge in [0.15, 0.2) is 0 Å². The Kier molecular flexibility index (Phi) is 10.2. The highest BCUT2D eigenvalue weighted by atomic mass is 35.5. The van der Waals surface area contributed by atoms with E-state index in [-0.39, 0.29) is 37.4 Å². The van der Waals surface area contributed by atoms with Gasteiger partial charge in [0.2, 0.25) is 21.8 Å². The highest BCUT2D eigenvalue weighted by Gasteiger charge is 2.27. The second-order valence-electron chi connectivity index (χ2n) is 9.27. The van der Waals surface area contributed by atoms with Crippen LogP contribution in [0.5, 0.6) is 0 Å². The van der Waals surface area contributed by atoms with E-state index in [2.05, 4.69) is 5.32 Å². The van der Waals surface area contributed by atoms with Gasteiger partial charge in [0.05, 0.1) is 11.9 Å². The lowest BCUT2D eigenvalue weighted by molar-refractivity contribution is -0.140. The Balaban J connectivity index is 2.19. The summed E-state index contributed by atoms with van der Waals surface area (Å²) < 4.78 is 26.3. The molecular weight excluding hydrogens is 486 g/mol. The largest absolute Gasteiger partial charge is 0.352 e. The van der Waals surface area contributed by atoms with Gasteiger partial charge >= 0.3 is 0 Å². The molecule has 0 saturated heterocycles. The molecule has 2 rings (SSSR count). The zero-order valence-electron chi connectivity index (χ0n) is 21.3. The molecule has 0 radical (unpaired) electrons. The third-order valence-electron chi connectivity index (χ3n) is 5.51. The van der Waals surface area contributed by atoms with E-state index in [9.17, 15) is 18.0 Å². The predicted octanol–water partition coefficient (Wildman–Crippen LogP) is 4.44. The molecule has 0 aromatic heterocycles. The number of sulfonamides is 1. The van der Waals surface area contributed by atoms with Crippen LogP contribution in [-0.2, 0) is 26.2 Å². The third kappa shape index (κ3) is 8.85. The predicted molar refractivity (Wildman–Crippen MR) is 142 cm³/mol. The van der Waals surface area contributed by atoms with Crippen molar-refractivity contribution < 1.29 is 18.0 Å². The monoisotopic (exact) mass is 521 g/mol. The van der Waals surface area contributed by atoms with Gasteiger partial charge in [-0.05, 0) is 82.0 Å². The standard InChI is InChI=1S/C26H36ClN3O4S/c1-18(2)28-26(32)21(5)29(17-22-9-11-23(27)12-10-22)25(31)8-7-13-30(35(6,33)34)24-15-19(3)14-20(4)16-24/h9-12,14-16,18,21H,7-8,13,17H2,1-6H3,(H,28,32)/t21-/m1/s1. The van der Waals surface area contributed by atoms with E-state index in [1.165, 1.54) is 9.21 Å². The van der Waals surface area contributed by atoms with E-state index in [1.54, 1.807) is 19.1 Å². The summed E-state index contributed by atoms with van der Waals surface area (Å²) in [7, 11) is -3.53. The SMILES string of the molecule is Cc1cc(C)cc(N(CCCC(=O)N(Cc2ccc(Cl)cc2)[C@H](C)C(=O)NC(C)C)S(C)(=O)=O)c1. The molecule has 7 nitrogen and oxygen atoms in total. The zero-order chi connectivity index (χ0) is 26.3. The average molecular weight is 522 g/mol. The molecule has 192 valence electrons. The van der Waals surface area contributed by atoms with Gasteiger partial charge in [-0.15, -0.1) is 0 Å². The van der Waals surface area contributed by atoms with Crippen molar-refractivity contribution >= 4 is 39.1 Å². The Bertz CT molecular complexity index is 1110. The molecule has 0 aliphatic carbocycles. The van der Waals surface area contributed by atoms with Crippen LogP contribution in [-0.4, -0.2) is 50.0 Å². The fourth-order valence-electron chi connectivity index (χ4n) is 3.87. The van der Waals surface area contributed by atoms with Crippen molar-refractivity contribution in [1.82, 2.24) is 10.2 Å². The average Bonchev–Trinajstić information content (AvgIpc) is 2.73. The number of rotatable bonds is 11. The number of anilines is 1. The van der Waals surface area contributed by atoms with Crippen molar-refractivity contribution in [3.8, 4) is 0 Å². The zero-order valence-corrected chi connectivity index (χ0v) is 22.9. The smallest absolute Gasteiger partial charge is 0.242 e. The molecule has 0 spiro atoms. The van der Waals surface area contributed by atoms with Crippen molar-refractivity contribution in [2.75, 3.05) is 17.1 Å². The van der Waals surface area contributed by atoms with Gasteiger partial charge < -0.3 is 10.2 Å². The van der Waals surface area contributed by atoms with E-state index in [0.717, 1.165) is 22.9 Å². The van der Waals surface area contributed by atoms with Crippen LogP contribution >= 0.6 is 11.6 Å². The Labute approximate surface area is 214 Å². The number of halogens is 1. The van der Waals surface area contributed by atoms with Crippen molar-refractivity contribution in [2.45, 2.75) is 66.1 Å². The van der Waals surface area contributed by atoms with Crippen LogP contribution < -0.4 is 9.62 Å². The molecule has 0 aliphatic heterocycles. The molecule has 0 heterocycles. The first-order chi connectivity index (χ1) is 16.3. The third-order valence-corrected chi connectivity index (χ3v) is 6.96. The molecule has 0 bridgehead atoms. The van der Waals surface area contributed by atoms with Crippen LogP contribution in [0.15, 0.2) is 42.5 Å². The molecular formula is C26H36ClN3O4S. The molecule has 0 aliphatic rings. The first-order valence-electron chi connectivity index (χ1n) is 11.7. The molecule has 1 N–H and O–H groups in total. The Morgan fingerprint density at radius 3 is 2.09 bits per heavy atom. The number of aryl methyl sites for hydroxylation is 2. The minimum absolute atomic E-state index is 0.0569.